The van der Waals surface area contributed by atoms with E-state index in [-0.39, 0.29) is 5.75 Å². The summed E-state index contributed by atoms with van der Waals surface area (Å²) in [5.74, 6) is -1.72. The smallest absolute Gasteiger partial charge is 0.354 e. The molecular weight excluding hydrogens is 215 g/mol. The van der Waals surface area contributed by atoms with E-state index < -0.39 is 23.7 Å². The predicted octanol–water partition coefficient (Wildman–Crippen LogP) is 1.34. The summed E-state index contributed by atoms with van der Waals surface area (Å²) in [5.41, 5.74) is 0. The highest BCUT2D eigenvalue weighted by atomic mass is 19.1. The molecule has 0 N–H and O–H groups in total. The molecule has 0 spiro atoms. The SMILES string of the molecule is COC(=O)[C@@H](Oc1cccc(F)c1)C(C)=O. The fourth-order valence-electron chi connectivity index (χ4n) is 1.08. The molecule has 86 valence electrons. The molecule has 0 aliphatic rings. The van der Waals surface area contributed by atoms with Gasteiger partial charge in [-0.05, 0) is 19.1 Å². The maximum atomic E-state index is 12.8. The third kappa shape index (κ3) is 3.05. The van der Waals surface area contributed by atoms with Crippen molar-refractivity contribution in [1.82, 2.24) is 0 Å². The highest BCUT2D eigenvalue weighted by Gasteiger charge is 2.26. The number of Topliss-reactive ketones (excluding diaryl/α,β-unsaturated/α-hetero) is 1. The van der Waals surface area contributed by atoms with Gasteiger partial charge in [-0.3, -0.25) is 4.79 Å². The standard InChI is InChI=1S/C11H11FO4/c1-7(13)10(11(14)15-2)16-9-5-3-4-8(12)6-9/h3-6,10H,1-2H3/t10-/m0/s1. The van der Waals surface area contributed by atoms with Crippen LogP contribution in [0, 0.1) is 5.82 Å². The number of ether oxygens (including phenoxy) is 2. The average molecular weight is 226 g/mol. The number of halogens is 1. The van der Waals surface area contributed by atoms with Gasteiger partial charge in [0.15, 0.2) is 5.78 Å². The zero-order valence-corrected chi connectivity index (χ0v) is 8.90. The summed E-state index contributed by atoms with van der Waals surface area (Å²) < 4.78 is 22.3. The van der Waals surface area contributed by atoms with Crippen LogP contribution in [0.25, 0.3) is 0 Å². The van der Waals surface area contributed by atoms with Gasteiger partial charge in [-0.2, -0.15) is 0 Å². The topological polar surface area (TPSA) is 52.6 Å². The Hall–Kier alpha value is -1.91. The van der Waals surface area contributed by atoms with E-state index in [0.717, 1.165) is 13.2 Å². The fraction of sp³-hybridized carbons (Fsp3) is 0.273. The van der Waals surface area contributed by atoms with Crippen LogP contribution in [-0.2, 0) is 14.3 Å². The third-order valence-electron chi connectivity index (χ3n) is 1.83. The van der Waals surface area contributed by atoms with E-state index in [1.165, 1.54) is 25.1 Å². The zero-order valence-electron chi connectivity index (χ0n) is 8.90. The van der Waals surface area contributed by atoms with E-state index in [9.17, 15) is 14.0 Å². The Balaban J connectivity index is 2.84. The molecule has 0 amide bonds. The van der Waals surface area contributed by atoms with Gasteiger partial charge in [0.1, 0.15) is 11.6 Å². The van der Waals surface area contributed by atoms with Crippen molar-refractivity contribution in [1.29, 1.82) is 0 Å². The summed E-state index contributed by atoms with van der Waals surface area (Å²) in [5, 5.41) is 0. The molecule has 4 nitrogen and oxygen atoms in total. The highest BCUT2D eigenvalue weighted by molar-refractivity contribution is 6.01. The van der Waals surface area contributed by atoms with Crippen LogP contribution in [0.2, 0.25) is 0 Å². The predicted molar refractivity (Wildman–Crippen MR) is 53.5 cm³/mol. The lowest BCUT2D eigenvalue weighted by Gasteiger charge is -2.13. The highest BCUT2D eigenvalue weighted by Crippen LogP contribution is 2.14. The lowest BCUT2D eigenvalue weighted by atomic mass is 10.2. The first-order valence-electron chi connectivity index (χ1n) is 4.55. The van der Waals surface area contributed by atoms with E-state index in [2.05, 4.69) is 4.74 Å². The largest absolute Gasteiger partial charge is 0.471 e. The number of hydrogen-bond donors (Lipinski definition) is 0. The van der Waals surface area contributed by atoms with E-state index in [0.29, 0.717) is 0 Å². The summed E-state index contributed by atoms with van der Waals surface area (Å²) in [6.45, 7) is 1.20. The lowest BCUT2D eigenvalue weighted by Crippen LogP contribution is -2.35. The van der Waals surface area contributed by atoms with Gasteiger partial charge in [0.2, 0.25) is 0 Å². The van der Waals surface area contributed by atoms with Gasteiger partial charge in [-0.15, -0.1) is 0 Å². The normalized spacial score (nSPS) is 11.7. The van der Waals surface area contributed by atoms with E-state index in [1.54, 1.807) is 0 Å². The lowest BCUT2D eigenvalue weighted by molar-refractivity contribution is -0.152. The molecule has 0 fully saturated rings. The second kappa shape index (κ2) is 5.25. The number of ketones is 1. The number of methoxy groups -OCH3 is 1. The number of carbonyl (C=O) groups is 2. The molecule has 0 radical (unpaired) electrons. The molecule has 0 saturated carbocycles. The van der Waals surface area contributed by atoms with Crippen LogP contribution in [0.5, 0.6) is 5.75 Å². The first-order chi connectivity index (χ1) is 7.54. The van der Waals surface area contributed by atoms with Crippen molar-refractivity contribution in [3.05, 3.63) is 30.1 Å². The van der Waals surface area contributed by atoms with Crippen molar-refractivity contribution in [2.45, 2.75) is 13.0 Å². The summed E-state index contributed by atoms with van der Waals surface area (Å²) in [6.07, 6.45) is -1.35. The molecule has 0 unspecified atom stereocenters. The first kappa shape index (κ1) is 12.2. The minimum Gasteiger partial charge on any atom is -0.471 e. The third-order valence-corrected chi connectivity index (χ3v) is 1.83. The Labute approximate surface area is 92.0 Å². The number of hydrogen-bond acceptors (Lipinski definition) is 4. The minimum atomic E-state index is -1.35. The van der Waals surface area contributed by atoms with Crippen LogP contribution in [0.1, 0.15) is 6.92 Å². The zero-order chi connectivity index (χ0) is 12.1. The Morgan fingerprint density at radius 2 is 2.06 bits per heavy atom. The first-order valence-corrected chi connectivity index (χ1v) is 4.55. The second-order valence-corrected chi connectivity index (χ2v) is 3.09. The van der Waals surface area contributed by atoms with Gasteiger partial charge in [-0.1, -0.05) is 6.07 Å². The summed E-state index contributed by atoms with van der Waals surface area (Å²) in [6, 6.07) is 5.17. The second-order valence-electron chi connectivity index (χ2n) is 3.09. The van der Waals surface area contributed by atoms with Crippen LogP contribution >= 0.6 is 0 Å². The molecule has 0 aromatic heterocycles. The Morgan fingerprint density at radius 3 is 2.56 bits per heavy atom. The van der Waals surface area contributed by atoms with Gasteiger partial charge in [0.05, 0.1) is 7.11 Å². The van der Waals surface area contributed by atoms with Crippen molar-refractivity contribution in [3.63, 3.8) is 0 Å². The molecular formula is C11H11FO4. The maximum Gasteiger partial charge on any atom is 0.354 e. The number of benzene rings is 1. The molecule has 0 bridgehead atoms. The van der Waals surface area contributed by atoms with Gasteiger partial charge >= 0.3 is 5.97 Å². The van der Waals surface area contributed by atoms with Crippen LogP contribution in [0.4, 0.5) is 4.39 Å². The quantitative estimate of drug-likeness (QED) is 0.574. The molecule has 16 heavy (non-hydrogen) atoms. The van der Waals surface area contributed by atoms with Crippen molar-refractivity contribution < 1.29 is 23.5 Å². The van der Waals surface area contributed by atoms with Crippen molar-refractivity contribution in [2.75, 3.05) is 7.11 Å². The van der Waals surface area contributed by atoms with Crippen LogP contribution in [0.3, 0.4) is 0 Å². The summed E-state index contributed by atoms with van der Waals surface area (Å²) in [7, 11) is 1.15. The van der Waals surface area contributed by atoms with Crippen molar-refractivity contribution in [2.24, 2.45) is 0 Å². The minimum absolute atomic E-state index is 0.102. The molecule has 1 aromatic carbocycles. The monoisotopic (exact) mass is 226 g/mol. The van der Waals surface area contributed by atoms with Gasteiger partial charge in [-0.25, -0.2) is 9.18 Å². The van der Waals surface area contributed by atoms with Gasteiger partial charge in [0, 0.05) is 6.07 Å². The van der Waals surface area contributed by atoms with Crippen molar-refractivity contribution in [3.8, 4) is 5.75 Å². The molecule has 1 aromatic rings. The molecule has 0 aliphatic heterocycles. The number of esters is 1. The average Bonchev–Trinajstić information content (AvgIpc) is 2.24. The number of carbonyl (C=O) groups excluding carboxylic acids is 2. The molecule has 1 atom stereocenters. The molecule has 1 rings (SSSR count). The Kier molecular flexibility index (Phi) is 3.99. The van der Waals surface area contributed by atoms with Crippen LogP contribution < -0.4 is 4.74 Å². The summed E-state index contributed by atoms with van der Waals surface area (Å²) in [4.78, 5) is 22.3. The Morgan fingerprint density at radius 1 is 1.38 bits per heavy atom. The molecule has 5 heteroatoms. The van der Waals surface area contributed by atoms with Crippen LogP contribution in [-0.4, -0.2) is 25.0 Å². The van der Waals surface area contributed by atoms with E-state index in [1.807, 2.05) is 0 Å². The molecule has 0 heterocycles. The van der Waals surface area contributed by atoms with Crippen LogP contribution in [0.15, 0.2) is 24.3 Å². The van der Waals surface area contributed by atoms with Gasteiger partial charge in [0.25, 0.3) is 6.10 Å². The van der Waals surface area contributed by atoms with E-state index >= 15 is 0 Å². The molecule has 0 saturated heterocycles. The Bertz CT molecular complexity index is 403. The van der Waals surface area contributed by atoms with Gasteiger partial charge < -0.3 is 9.47 Å². The summed E-state index contributed by atoms with van der Waals surface area (Å²) >= 11 is 0. The molecule has 0 aliphatic carbocycles. The number of rotatable bonds is 4. The maximum absolute atomic E-state index is 12.8. The van der Waals surface area contributed by atoms with E-state index in [4.69, 9.17) is 4.74 Å². The van der Waals surface area contributed by atoms with Crippen molar-refractivity contribution >= 4 is 11.8 Å². The fourth-order valence-corrected chi connectivity index (χ4v) is 1.08.